The topological polar surface area (TPSA) is 85.2 Å². The molecule has 34 heavy (non-hydrogen) atoms. The van der Waals surface area contributed by atoms with E-state index in [9.17, 15) is 14.0 Å². The summed E-state index contributed by atoms with van der Waals surface area (Å²) < 4.78 is 13.6. The van der Waals surface area contributed by atoms with E-state index >= 15 is 0 Å². The van der Waals surface area contributed by atoms with Gasteiger partial charge in [0.15, 0.2) is 0 Å². The van der Waals surface area contributed by atoms with Gasteiger partial charge in [0, 0.05) is 28.5 Å². The molecular formula is C25H27Cl2FN4O2. The van der Waals surface area contributed by atoms with Crippen LogP contribution < -0.4 is 10.6 Å². The summed E-state index contributed by atoms with van der Waals surface area (Å²) in [5.74, 6) is -1.13. The Bertz CT molecular complexity index is 1010. The predicted octanol–water partition coefficient (Wildman–Crippen LogP) is 4.07. The average Bonchev–Trinajstić information content (AvgIpc) is 3.20. The Labute approximate surface area is 209 Å². The molecule has 1 aliphatic heterocycles. The molecule has 9 heteroatoms. The Morgan fingerprint density at radius 2 is 1.65 bits per heavy atom. The molecule has 1 heterocycles. The summed E-state index contributed by atoms with van der Waals surface area (Å²) in [5.41, 5.74) is 0.928. The number of halogens is 3. The monoisotopic (exact) mass is 504 g/mol. The number of likely N-dealkylation sites (tertiary alicyclic amines) is 1. The van der Waals surface area contributed by atoms with Crippen molar-refractivity contribution in [2.75, 3.05) is 19.6 Å². The lowest BCUT2D eigenvalue weighted by atomic mass is 9.90. The van der Waals surface area contributed by atoms with Crippen LogP contribution in [0.2, 0.25) is 10.0 Å². The highest BCUT2D eigenvalue weighted by Gasteiger charge is 2.35. The van der Waals surface area contributed by atoms with E-state index in [0.717, 1.165) is 11.1 Å². The van der Waals surface area contributed by atoms with Crippen molar-refractivity contribution < 1.29 is 14.0 Å². The Kier molecular flexibility index (Phi) is 8.53. The number of alkyl halides is 1. The van der Waals surface area contributed by atoms with Gasteiger partial charge in [-0.3, -0.25) is 9.59 Å². The summed E-state index contributed by atoms with van der Waals surface area (Å²) in [6.45, 7) is 3.81. The third-order valence-electron chi connectivity index (χ3n) is 5.81. The lowest BCUT2D eigenvalue weighted by Gasteiger charge is -2.29. The van der Waals surface area contributed by atoms with Crippen LogP contribution in [0, 0.1) is 11.3 Å². The average molecular weight is 505 g/mol. The second kappa shape index (κ2) is 11.2. The van der Waals surface area contributed by atoms with Gasteiger partial charge in [-0.25, -0.2) is 4.39 Å². The van der Waals surface area contributed by atoms with Gasteiger partial charge in [0.05, 0.1) is 25.1 Å². The molecule has 0 spiro atoms. The van der Waals surface area contributed by atoms with Gasteiger partial charge in [-0.2, -0.15) is 5.26 Å². The lowest BCUT2D eigenvalue weighted by molar-refractivity contribution is -0.130. The van der Waals surface area contributed by atoms with E-state index in [2.05, 4.69) is 10.6 Å². The van der Waals surface area contributed by atoms with Gasteiger partial charge in [0.25, 0.3) is 0 Å². The lowest BCUT2D eigenvalue weighted by Crippen LogP contribution is -2.53. The first-order valence-corrected chi connectivity index (χ1v) is 11.7. The first kappa shape index (κ1) is 26.0. The van der Waals surface area contributed by atoms with Crippen LogP contribution in [0.25, 0.3) is 0 Å². The van der Waals surface area contributed by atoms with Crippen molar-refractivity contribution >= 4 is 35.0 Å². The molecule has 1 aliphatic rings. The third-order valence-corrected chi connectivity index (χ3v) is 6.31. The molecule has 180 valence electrons. The summed E-state index contributed by atoms with van der Waals surface area (Å²) >= 11 is 12.0. The number of carbonyl (C=O) groups is 2. The minimum Gasteiger partial charge on any atom is -0.353 e. The van der Waals surface area contributed by atoms with Crippen molar-refractivity contribution in [2.24, 2.45) is 0 Å². The Morgan fingerprint density at radius 1 is 1.12 bits per heavy atom. The molecule has 0 aliphatic carbocycles. The van der Waals surface area contributed by atoms with Crippen LogP contribution in [0.4, 0.5) is 4.39 Å². The first-order chi connectivity index (χ1) is 16.1. The number of carbonyl (C=O) groups excluding carboxylic acids is 2. The summed E-state index contributed by atoms with van der Waals surface area (Å²) in [6.07, 6.45) is -1.14. The summed E-state index contributed by atoms with van der Waals surface area (Å²) in [7, 11) is 0. The highest BCUT2D eigenvalue weighted by atomic mass is 35.5. The Morgan fingerprint density at radius 3 is 2.15 bits per heavy atom. The number of amides is 2. The number of rotatable bonds is 8. The van der Waals surface area contributed by atoms with Gasteiger partial charge in [-0.1, -0.05) is 47.5 Å². The fourth-order valence-electron chi connectivity index (χ4n) is 3.88. The quantitative estimate of drug-likeness (QED) is 0.567. The van der Waals surface area contributed by atoms with Crippen LogP contribution >= 0.6 is 23.2 Å². The van der Waals surface area contributed by atoms with Crippen LogP contribution in [-0.2, 0) is 9.59 Å². The van der Waals surface area contributed by atoms with Crippen LogP contribution in [-0.4, -0.2) is 54.1 Å². The predicted molar refractivity (Wildman–Crippen MR) is 130 cm³/mol. The minimum absolute atomic E-state index is 0.0402. The maximum absolute atomic E-state index is 13.6. The molecule has 2 atom stereocenters. The zero-order valence-electron chi connectivity index (χ0n) is 19.0. The normalized spacial score (nSPS) is 18.1. The zero-order chi connectivity index (χ0) is 24.9. The molecule has 1 fully saturated rings. The summed E-state index contributed by atoms with van der Waals surface area (Å²) in [4.78, 5) is 27.1. The van der Waals surface area contributed by atoms with E-state index in [-0.39, 0.29) is 37.9 Å². The van der Waals surface area contributed by atoms with Gasteiger partial charge in [0.2, 0.25) is 11.8 Å². The fourth-order valence-corrected chi connectivity index (χ4v) is 4.13. The summed E-state index contributed by atoms with van der Waals surface area (Å²) in [6, 6.07) is 15.4. The molecule has 1 saturated heterocycles. The van der Waals surface area contributed by atoms with Crippen molar-refractivity contribution in [3.8, 4) is 6.07 Å². The molecule has 0 saturated carbocycles. The zero-order valence-corrected chi connectivity index (χ0v) is 20.5. The van der Waals surface area contributed by atoms with Crippen molar-refractivity contribution in [3.63, 3.8) is 0 Å². The first-order valence-electron chi connectivity index (χ1n) is 11.0. The molecule has 2 N–H and O–H groups in total. The molecule has 6 nitrogen and oxygen atoms in total. The third kappa shape index (κ3) is 6.69. The van der Waals surface area contributed by atoms with Gasteiger partial charge in [-0.15, -0.1) is 0 Å². The highest BCUT2D eigenvalue weighted by Crippen LogP contribution is 2.27. The van der Waals surface area contributed by atoms with E-state index in [4.69, 9.17) is 28.5 Å². The molecule has 1 unspecified atom stereocenters. The van der Waals surface area contributed by atoms with E-state index in [0.29, 0.717) is 10.0 Å². The second-order valence-electron chi connectivity index (χ2n) is 9.02. The van der Waals surface area contributed by atoms with Gasteiger partial charge in [-0.05, 0) is 49.2 Å². The number of nitriles is 1. The van der Waals surface area contributed by atoms with E-state index in [1.165, 1.54) is 4.90 Å². The maximum Gasteiger partial charge on any atom is 0.237 e. The number of hydrogen-bond acceptors (Lipinski definition) is 4. The van der Waals surface area contributed by atoms with Crippen molar-refractivity contribution in [3.05, 3.63) is 69.7 Å². The van der Waals surface area contributed by atoms with Crippen molar-refractivity contribution in [2.45, 2.75) is 43.9 Å². The molecule has 2 aromatic rings. The number of hydrogen-bond donors (Lipinski definition) is 2. The Hall–Kier alpha value is -2.66. The van der Waals surface area contributed by atoms with E-state index in [1.807, 2.05) is 44.2 Å². The second-order valence-corrected chi connectivity index (χ2v) is 9.89. The van der Waals surface area contributed by atoms with Crippen molar-refractivity contribution in [1.82, 2.24) is 15.5 Å². The van der Waals surface area contributed by atoms with Crippen LogP contribution in [0.3, 0.4) is 0 Å². The molecule has 0 aromatic heterocycles. The molecule has 0 bridgehead atoms. The molecule has 2 amide bonds. The van der Waals surface area contributed by atoms with Crippen LogP contribution in [0.5, 0.6) is 0 Å². The van der Waals surface area contributed by atoms with Crippen LogP contribution in [0.1, 0.15) is 37.3 Å². The maximum atomic E-state index is 13.6. The fraction of sp³-hybridized carbons (Fsp3) is 0.400. The number of benzene rings is 2. The smallest absolute Gasteiger partial charge is 0.237 e. The molecule has 3 rings (SSSR count). The largest absolute Gasteiger partial charge is 0.353 e. The molecule has 2 aromatic carbocycles. The highest BCUT2D eigenvalue weighted by molar-refractivity contribution is 6.30. The summed E-state index contributed by atoms with van der Waals surface area (Å²) in [5, 5.41) is 16.4. The molecule has 0 radical (unpaired) electrons. The van der Waals surface area contributed by atoms with Gasteiger partial charge in [0.1, 0.15) is 12.2 Å². The molecular weight excluding hydrogens is 478 g/mol. The van der Waals surface area contributed by atoms with E-state index < -0.39 is 23.7 Å². The van der Waals surface area contributed by atoms with Crippen LogP contribution in [0.15, 0.2) is 48.5 Å². The van der Waals surface area contributed by atoms with E-state index in [1.54, 1.807) is 24.3 Å². The number of nitrogens with one attached hydrogen (secondary N) is 2. The Balaban J connectivity index is 1.64. The van der Waals surface area contributed by atoms with Crippen molar-refractivity contribution in [1.29, 1.82) is 5.26 Å². The standard InChI is InChI=1S/C25H27Cl2FN4O2/c1-25(2,31-13-22(33)32-14-20(28)11-21(32)12-29)15-30-24(34)23(16-3-7-18(26)8-4-16)17-5-9-19(27)10-6-17/h3-10,20-21,23,31H,11,13-15H2,1-2H3,(H,30,34)/t20-,21?/m0/s1. The van der Waals surface area contributed by atoms with Gasteiger partial charge < -0.3 is 15.5 Å². The van der Waals surface area contributed by atoms with Gasteiger partial charge >= 0.3 is 0 Å². The SMILES string of the molecule is CC(C)(CNC(=O)C(c1ccc(Cl)cc1)c1ccc(Cl)cc1)NCC(=O)N1C[C@@H](F)CC1C#N. The minimum atomic E-state index is -1.18. The number of nitrogens with zero attached hydrogens (tertiary/aromatic N) is 2.